The van der Waals surface area contributed by atoms with Gasteiger partial charge in [-0.1, -0.05) is 0 Å². The molecule has 1 atom stereocenters. The zero-order valence-corrected chi connectivity index (χ0v) is 17.9. The van der Waals surface area contributed by atoms with Crippen LogP contribution in [0.5, 0.6) is 0 Å². The van der Waals surface area contributed by atoms with Crippen LogP contribution in [0.2, 0.25) is 0 Å². The smallest absolute Gasteiger partial charge is 0.272 e. The van der Waals surface area contributed by atoms with E-state index in [2.05, 4.69) is 31.1 Å². The van der Waals surface area contributed by atoms with Crippen LogP contribution in [0, 0.1) is 5.41 Å². The molecule has 0 aromatic carbocycles. The largest absolute Gasteiger partial charge is 0.351 e. The second-order valence-corrected chi connectivity index (χ2v) is 9.26. The molecule has 1 saturated heterocycles. The molecule has 3 heterocycles. The number of fused-ring (bicyclic) bond motifs is 1. The van der Waals surface area contributed by atoms with Crippen molar-refractivity contribution in [3.8, 4) is 0 Å². The average Bonchev–Trinajstić information content (AvgIpc) is 3.33. The molecule has 7 nitrogen and oxygen atoms in total. The molecule has 8 heteroatoms. The van der Waals surface area contributed by atoms with Crippen molar-refractivity contribution in [2.75, 3.05) is 33.7 Å². The highest BCUT2D eigenvalue weighted by Gasteiger charge is 2.50. The first-order valence-electron chi connectivity index (χ1n) is 9.74. The third-order valence-corrected chi connectivity index (χ3v) is 6.10. The van der Waals surface area contributed by atoms with Gasteiger partial charge in [-0.05, 0) is 67.8 Å². The van der Waals surface area contributed by atoms with Crippen LogP contribution in [0.3, 0.4) is 0 Å². The van der Waals surface area contributed by atoms with Gasteiger partial charge in [0.25, 0.3) is 5.91 Å². The Labute approximate surface area is 173 Å². The van der Waals surface area contributed by atoms with Crippen LogP contribution in [-0.2, 0) is 4.79 Å². The van der Waals surface area contributed by atoms with Crippen molar-refractivity contribution in [1.29, 1.82) is 0 Å². The Morgan fingerprint density at radius 3 is 2.86 bits per heavy atom. The lowest BCUT2D eigenvalue weighted by molar-refractivity contribution is -0.127. The molecule has 1 unspecified atom stereocenters. The molecule has 0 spiro atoms. The lowest BCUT2D eigenvalue weighted by Gasteiger charge is -2.34. The van der Waals surface area contributed by atoms with Crippen molar-refractivity contribution < 1.29 is 9.59 Å². The lowest BCUT2D eigenvalue weighted by Crippen LogP contribution is -2.52. The zero-order valence-electron chi connectivity index (χ0n) is 16.3. The first-order chi connectivity index (χ1) is 13.4. The molecule has 0 radical (unpaired) electrons. The van der Waals surface area contributed by atoms with Gasteiger partial charge < -0.3 is 19.5 Å². The predicted molar refractivity (Wildman–Crippen MR) is 110 cm³/mol. The summed E-state index contributed by atoms with van der Waals surface area (Å²) >= 11 is 3.44. The van der Waals surface area contributed by atoms with Gasteiger partial charge in [-0.15, -0.1) is 0 Å². The van der Waals surface area contributed by atoms with Crippen molar-refractivity contribution in [3.05, 3.63) is 34.8 Å². The average molecular weight is 448 g/mol. The normalized spacial score (nSPS) is 21.1. The summed E-state index contributed by atoms with van der Waals surface area (Å²) in [5.74, 6) is 0.0614. The molecule has 2 fully saturated rings. The maximum atomic E-state index is 13.0. The summed E-state index contributed by atoms with van der Waals surface area (Å²) in [4.78, 5) is 33.9. The maximum absolute atomic E-state index is 13.0. The lowest BCUT2D eigenvalue weighted by atomic mass is 10.0. The Hall–Kier alpha value is -1.93. The maximum Gasteiger partial charge on any atom is 0.272 e. The minimum atomic E-state index is -0.231. The number of aromatic nitrogens is 2. The number of amides is 2. The van der Waals surface area contributed by atoms with Crippen molar-refractivity contribution in [1.82, 2.24) is 24.5 Å². The molecule has 1 N–H and O–H groups in total. The van der Waals surface area contributed by atoms with Gasteiger partial charge in [-0.25, -0.2) is 4.98 Å². The number of nitrogens with zero attached hydrogens (tertiary/aromatic N) is 4. The number of carbonyl (C=O) groups excluding carboxylic acids is 2. The Morgan fingerprint density at radius 2 is 2.14 bits per heavy atom. The van der Waals surface area contributed by atoms with Gasteiger partial charge in [-0.2, -0.15) is 0 Å². The summed E-state index contributed by atoms with van der Waals surface area (Å²) in [6, 6.07) is 3.78. The van der Waals surface area contributed by atoms with E-state index in [4.69, 9.17) is 0 Å². The van der Waals surface area contributed by atoms with Gasteiger partial charge in [0.1, 0.15) is 12.0 Å². The molecule has 1 aliphatic heterocycles. The standard InChI is InChI=1S/C20H26BrN5O2/c1-24(2)12-20(5-6-20)19(28)23-15-4-3-7-25(11-15)18(27)17-9-16-8-14(21)10-26(16)13-22-17/h8-10,13,15H,3-7,11-12H2,1-2H3,(H,23,28). The van der Waals surface area contributed by atoms with Gasteiger partial charge in [0, 0.05) is 41.9 Å². The molecule has 1 aliphatic carbocycles. The molecule has 2 amide bonds. The topological polar surface area (TPSA) is 70.0 Å². The first-order valence-corrected chi connectivity index (χ1v) is 10.5. The van der Waals surface area contributed by atoms with Gasteiger partial charge in [0.15, 0.2) is 0 Å². The highest BCUT2D eigenvalue weighted by atomic mass is 79.9. The molecule has 28 heavy (non-hydrogen) atoms. The molecular formula is C20H26BrN5O2. The molecular weight excluding hydrogens is 422 g/mol. The molecule has 2 aromatic heterocycles. The summed E-state index contributed by atoms with van der Waals surface area (Å²) in [5, 5.41) is 3.21. The van der Waals surface area contributed by atoms with E-state index in [0.717, 1.165) is 42.2 Å². The van der Waals surface area contributed by atoms with Crippen molar-refractivity contribution in [2.24, 2.45) is 5.41 Å². The van der Waals surface area contributed by atoms with E-state index in [1.165, 1.54) is 0 Å². The minimum absolute atomic E-state index is 0.0102. The SMILES string of the molecule is CN(C)CC1(C(=O)NC2CCCN(C(=O)c3cc4cc(Br)cn4cn3)C2)CC1. The molecule has 1 saturated carbocycles. The van der Waals surface area contributed by atoms with E-state index in [0.29, 0.717) is 18.8 Å². The number of likely N-dealkylation sites (tertiary alicyclic amines) is 1. The van der Waals surface area contributed by atoms with Gasteiger partial charge >= 0.3 is 0 Å². The van der Waals surface area contributed by atoms with Crippen LogP contribution in [0.1, 0.15) is 36.2 Å². The fourth-order valence-corrected chi connectivity index (χ4v) is 4.54. The second kappa shape index (κ2) is 7.48. The van der Waals surface area contributed by atoms with Crippen molar-refractivity contribution >= 4 is 33.3 Å². The molecule has 150 valence electrons. The first kappa shape index (κ1) is 19.4. The fourth-order valence-electron chi connectivity index (χ4n) is 4.09. The molecule has 4 rings (SSSR count). The van der Waals surface area contributed by atoms with E-state index in [1.807, 2.05) is 41.7 Å². The quantitative estimate of drug-likeness (QED) is 0.762. The van der Waals surface area contributed by atoms with E-state index >= 15 is 0 Å². The highest BCUT2D eigenvalue weighted by Crippen LogP contribution is 2.46. The predicted octanol–water partition coefficient (Wildman–Crippen LogP) is 2.16. The number of nitrogens with one attached hydrogen (secondary N) is 1. The Morgan fingerprint density at radius 1 is 1.36 bits per heavy atom. The van der Waals surface area contributed by atoms with Gasteiger partial charge in [0.2, 0.25) is 5.91 Å². The van der Waals surface area contributed by atoms with Crippen LogP contribution < -0.4 is 5.32 Å². The summed E-state index contributed by atoms with van der Waals surface area (Å²) in [7, 11) is 4.00. The van der Waals surface area contributed by atoms with E-state index in [-0.39, 0.29) is 23.3 Å². The number of halogens is 1. The van der Waals surface area contributed by atoms with Crippen LogP contribution >= 0.6 is 15.9 Å². The Balaban J connectivity index is 1.41. The van der Waals surface area contributed by atoms with E-state index < -0.39 is 0 Å². The number of hydrogen-bond donors (Lipinski definition) is 1. The molecule has 0 bridgehead atoms. The number of carbonyl (C=O) groups is 2. The molecule has 2 aliphatic rings. The summed E-state index contributed by atoms with van der Waals surface area (Å²) < 4.78 is 2.83. The fraction of sp³-hybridized carbons (Fsp3) is 0.550. The third-order valence-electron chi connectivity index (χ3n) is 5.67. The van der Waals surface area contributed by atoms with E-state index in [9.17, 15) is 9.59 Å². The minimum Gasteiger partial charge on any atom is -0.351 e. The summed E-state index contributed by atoms with van der Waals surface area (Å²) in [5.41, 5.74) is 1.13. The van der Waals surface area contributed by atoms with Crippen LogP contribution in [0.15, 0.2) is 29.1 Å². The van der Waals surface area contributed by atoms with E-state index in [1.54, 1.807) is 6.33 Å². The Kier molecular flexibility index (Phi) is 5.18. The highest BCUT2D eigenvalue weighted by molar-refractivity contribution is 9.10. The van der Waals surface area contributed by atoms with Crippen LogP contribution in [-0.4, -0.2) is 70.8 Å². The van der Waals surface area contributed by atoms with Crippen LogP contribution in [0.4, 0.5) is 0 Å². The second-order valence-electron chi connectivity index (χ2n) is 8.35. The van der Waals surface area contributed by atoms with Gasteiger partial charge in [0.05, 0.1) is 5.41 Å². The van der Waals surface area contributed by atoms with Crippen LogP contribution in [0.25, 0.3) is 5.52 Å². The Bertz CT molecular complexity index is 905. The number of rotatable bonds is 5. The molecule has 2 aromatic rings. The zero-order chi connectivity index (χ0) is 19.9. The summed E-state index contributed by atoms with van der Waals surface area (Å²) in [6.07, 6.45) is 7.26. The van der Waals surface area contributed by atoms with Crippen molar-refractivity contribution in [3.63, 3.8) is 0 Å². The number of piperidine rings is 1. The summed E-state index contributed by atoms with van der Waals surface area (Å²) in [6.45, 7) is 2.02. The number of hydrogen-bond acceptors (Lipinski definition) is 4. The third kappa shape index (κ3) is 3.93. The monoisotopic (exact) mass is 447 g/mol. The van der Waals surface area contributed by atoms with Crippen molar-refractivity contribution in [2.45, 2.75) is 31.7 Å². The van der Waals surface area contributed by atoms with Gasteiger partial charge in [-0.3, -0.25) is 9.59 Å².